The number of aryl methyl sites for hydroxylation is 1. The third-order valence-electron chi connectivity index (χ3n) is 3.01. The molecule has 3 rings (SSSR count). The van der Waals surface area contributed by atoms with E-state index in [1.165, 1.54) is 17.4 Å². The molecule has 0 amide bonds. The van der Waals surface area contributed by atoms with Crippen molar-refractivity contribution < 1.29 is 8.42 Å². The van der Waals surface area contributed by atoms with Crippen LogP contribution in [0.4, 0.5) is 0 Å². The van der Waals surface area contributed by atoms with Crippen LogP contribution in [0.2, 0.25) is 5.02 Å². The van der Waals surface area contributed by atoms with Gasteiger partial charge in [-0.3, -0.25) is 5.43 Å². The number of allylic oxidation sites excluding steroid dienone is 2. The van der Waals surface area contributed by atoms with Crippen LogP contribution in [0.25, 0.3) is 10.1 Å². The van der Waals surface area contributed by atoms with Gasteiger partial charge >= 0.3 is 0 Å². The Balaban J connectivity index is 2.22. The van der Waals surface area contributed by atoms with Gasteiger partial charge in [-0.1, -0.05) is 11.6 Å². The molecule has 0 saturated heterocycles. The first-order valence-electron chi connectivity index (χ1n) is 5.82. The number of fused-ring (bicyclic) bond motifs is 1. The molecule has 7 heteroatoms. The van der Waals surface area contributed by atoms with Crippen molar-refractivity contribution >= 4 is 42.9 Å². The van der Waals surface area contributed by atoms with E-state index in [1.807, 2.05) is 6.07 Å². The van der Waals surface area contributed by atoms with E-state index < -0.39 is 9.84 Å². The Morgan fingerprint density at radius 2 is 2.10 bits per heavy atom. The third kappa shape index (κ3) is 2.09. The Morgan fingerprint density at radius 3 is 2.80 bits per heavy atom. The van der Waals surface area contributed by atoms with E-state index in [-0.39, 0.29) is 5.03 Å². The molecule has 4 nitrogen and oxygen atoms in total. The summed E-state index contributed by atoms with van der Waals surface area (Å²) in [4.78, 5) is 0. The lowest BCUT2D eigenvalue weighted by molar-refractivity contribution is 0.594. The normalized spacial score (nSPS) is 14.8. The van der Waals surface area contributed by atoms with Crippen molar-refractivity contribution in [2.24, 2.45) is 0 Å². The van der Waals surface area contributed by atoms with Gasteiger partial charge in [-0.05, 0) is 48.2 Å². The topological polar surface area (TPSA) is 58.2 Å². The van der Waals surface area contributed by atoms with E-state index in [1.54, 1.807) is 31.3 Å². The largest absolute Gasteiger partial charge is 0.308 e. The van der Waals surface area contributed by atoms with Crippen LogP contribution in [-0.2, 0) is 9.84 Å². The minimum Gasteiger partial charge on any atom is -0.308 e. The molecule has 1 aromatic carbocycles. The first kappa shape index (κ1) is 13.5. The van der Waals surface area contributed by atoms with Crippen molar-refractivity contribution in [1.29, 1.82) is 0 Å². The summed E-state index contributed by atoms with van der Waals surface area (Å²) in [6.45, 7) is 1.80. The van der Waals surface area contributed by atoms with Crippen LogP contribution in [0, 0.1) is 6.92 Å². The van der Waals surface area contributed by atoms with Crippen LogP contribution >= 0.6 is 22.9 Å². The fourth-order valence-corrected chi connectivity index (χ4v) is 5.26. The Bertz CT molecular complexity index is 851. The number of benzene rings is 1. The summed E-state index contributed by atoms with van der Waals surface area (Å²) in [5, 5.41) is 1.61. The monoisotopic (exact) mass is 326 g/mol. The van der Waals surface area contributed by atoms with Crippen molar-refractivity contribution in [2.75, 3.05) is 0 Å². The summed E-state index contributed by atoms with van der Waals surface area (Å²) < 4.78 is 26.5. The maximum Gasteiger partial charge on any atom is 0.232 e. The van der Waals surface area contributed by atoms with Gasteiger partial charge in [0.25, 0.3) is 0 Å². The van der Waals surface area contributed by atoms with Crippen molar-refractivity contribution in [3.8, 4) is 0 Å². The van der Waals surface area contributed by atoms with Gasteiger partial charge in [-0.25, -0.2) is 8.42 Å². The number of hydrazine groups is 1. The molecule has 0 atom stereocenters. The highest BCUT2D eigenvalue weighted by Crippen LogP contribution is 2.37. The molecule has 0 bridgehead atoms. The lowest BCUT2D eigenvalue weighted by Crippen LogP contribution is -2.32. The average molecular weight is 327 g/mol. The average Bonchev–Trinajstić information content (AvgIpc) is 2.78. The van der Waals surface area contributed by atoms with E-state index in [2.05, 4.69) is 10.9 Å². The second-order valence-electron chi connectivity index (χ2n) is 4.32. The summed E-state index contributed by atoms with van der Waals surface area (Å²) in [5.41, 5.74) is 6.06. The lowest BCUT2D eigenvalue weighted by Gasteiger charge is -2.13. The van der Waals surface area contributed by atoms with Crippen LogP contribution in [0.5, 0.6) is 0 Å². The molecular weight excluding hydrogens is 316 g/mol. The van der Waals surface area contributed by atoms with Gasteiger partial charge in [-0.15, -0.1) is 11.3 Å². The second-order valence-corrected chi connectivity index (χ2v) is 7.92. The molecule has 2 heterocycles. The molecule has 0 saturated carbocycles. The minimum absolute atomic E-state index is 0.140. The molecule has 2 aromatic rings. The van der Waals surface area contributed by atoms with Crippen molar-refractivity contribution in [2.45, 2.75) is 11.1 Å². The number of rotatable bonds is 2. The summed E-state index contributed by atoms with van der Waals surface area (Å²) in [7, 11) is -3.56. The SMILES string of the molecule is Cc1c(S(=O)(=O)C2=CC=CNN2)sc2ccc(Cl)cc12. The Kier molecular flexibility index (Phi) is 3.24. The van der Waals surface area contributed by atoms with Gasteiger partial charge < -0.3 is 5.43 Å². The predicted octanol–water partition coefficient (Wildman–Crippen LogP) is 3.10. The number of sulfone groups is 1. The number of hydrogen-bond acceptors (Lipinski definition) is 5. The smallest absolute Gasteiger partial charge is 0.232 e. The third-order valence-corrected chi connectivity index (χ3v) is 6.83. The predicted molar refractivity (Wildman–Crippen MR) is 82.3 cm³/mol. The van der Waals surface area contributed by atoms with Gasteiger partial charge in [0.05, 0.1) is 0 Å². The van der Waals surface area contributed by atoms with E-state index in [9.17, 15) is 8.42 Å². The van der Waals surface area contributed by atoms with Crippen LogP contribution in [-0.4, -0.2) is 8.42 Å². The number of halogens is 1. The molecular formula is C13H11ClN2O2S2. The standard InChI is InChI=1S/C13H11ClN2O2S2/c1-8-10-7-9(14)4-5-11(10)19-13(8)20(17,18)12-3-2-6-15-16-12/h2-7,15-16H,1H3. The number of nitrogens with one attached hydrogen (secondary N) is 2. The molecule has 0 spiro atoms. The van der Waals surface area contributed by atoms with Crippen LogP contribution in [0.3, 0.4) is 0 Å². The summed E-state index contributed by atoms with van der Waals surface area (Å²) in [6, 6.07) is 5.40. The van der Waals surface area contributed by atoms with Crippen LogP contribution < -0.4 is 10.9 Å². The summed E-state index contributed by atoms with van der Waals surface area (Å²) in [6.07, 6.45) is 4.79. The Morgan fingerprint density at radius 1 is 1.30 bits per heavy atom. The van der Waals surface area contributed by atoms with Crippen LogP contribution in [0.1, 0.15) is 5.56 Å². The zero-order valence-electron chi connectivity index (χ0n) is 10.5. The Labute approximate surface area is 125 Å². The Hall–Kier alpha value is -1.50. The molecule has 0 aliphatic carbocycles. The number of thiophene rings is 1. The summed E-state index contributed by atoms with van der Waals surface area (Å²) in [5.74, 6) is 0. The second kappa shape index (κ2) is 4.80. The fraction of sp³-hybridized carbons (Fsp3) is 0.0769. The molecule has 2 N–H and O–H groups in total. The molecule has 20 heavy (non-hydrogen) atoms. The zero-order valence-corrected chi connectivity index (χ0v) is 12.9. The van der Waals surface area contributed by atoms with Crippen molar-refractivity contribution in [3.63, 3.8) is 0 Å². The first-order valence-corrected chi connectivity index (χ1v) is 8.50. The summed E-state index contributed by atoms with van der Waals surface area (Å²) >= 11 is 7.23. The molecule has 0 fully saturated rings. The molecule has 1 aliphatic heterocycles. The van der Waals surface area contributed by atoms with E-state index in [0.717, 1.165) is 15.6 Å². The van der Waals surface area contributed by atoms with Crippen molar-refractivity contribution in [3.05, 3.63) is 52.2 Å². The highest BCUT2D eigenvalue weighted by Gasteiger charge is 2.26. The molecule has 1 aliphatic rings. The van der Waals surface area contributed by atoms with Gasteiger partial charge in [0.1, 0.15) is 4.21 Å². The molecule has 104 valence electrons. The highest BCUT2D eigenvalue weighted by atomic mass is 35.5. The zero-order chi connectivity index (χ0) is 14.3. The highest BCUT2D eigenvalue weighted by molar-refractivity contribution is 7.97. The van der Waals surface area contributed by atoms with Crippen LogP contribution in [0.15, 0.2) is 45.8 Å². The van der Waals surface area contributed by atoms with Gasteiger partial charge in [-0.2, -0.15) is 0 Å². The fourth-order valence-electron chi connectivity index (χ4n) is 2.02. The molecule has 1 aromatic heterocycles. The molecule has 0 unspecified atom stereocenters. The maximum atomic E-state index is 12.6. The van der Waals surface area contributed by atoms with E-state index >= 15 is 0 Å². The van der Waals surface area contributed by atoms with Crippen molar-refractivity contribution in [1.82, 2.24) is 10.9 Å². The molecule has 0 radical (unpaired) electrons. The van der Waals surface area contributed by atoms with E-state index in [4.69, 9.17) is 11.6 Å². The maximum absolute atomic E-state index is 12.6. The quantitative estimate of drug-likeness (QED) is 0.890. The number of hydrogen-bond donors (Lipinski definition) is 2. The minimum atomic E-state index is -3.56. The van der Waals surface area contributed by atoms with E-state index in [0.29, 0.717) is 9.23 Å². The first-order chi connectivity index (χ1) is 9.50. The van der Waals surface area contributed by atoms with Gasteiger partial charge in [0.2, 0.25) is 9.84 Å². The van der Waals surface area contributed by atoms with Gasteiger partial charge in [0.15, 0.2) is 5.03 Å². The van der Waals surface area contributed by atoms with Gasteiger partial charge in [0, 0.05) is 15.9 Å². The lowest BCUT2D eigenvalue weighted by atomic mass is 10.2.